The number of halogens is 2. The van der Waals surface area contributed by atoms with Crippen LogP contribution in [0.15, 0.2) is 10.7 Å². The number of carbonyl (C=O) groups excluding carboxylic acids is 1. The van der Waals surface area contributed by atoms with E-state index in [1.54, 1.807) is 13.1 Å². The molecule has 4 N–H and O–H groups in total. The van der Waals surface area contributed by atoms with Crippen LogP contribution in [0.4, 0.5) is 0 Å². The SMILES string of the molecule is C[C@@H](N)C(=O)NCc1[nH]ncc1Br.Cl. The van der Waals surface area contributed by atoms with Crippen LogP contribution in [0, 0.1) is 0 Å². The first kappa shape index (κ1) is 13.4. The summed E-state index contributed by atoms with van der Waals surface area (Å²) in [6.07, 6.45) is 1.63. The monoisotopic (exact) mass is 282 g/mol. The number of rotatable bonds is 3. The Balaban J connectivity index is 0.00000169. The number of aromatic amines is 1. The fourth-order valence-electron chi connectivity index (χ4n) is 0.759. The van der Waals surface area contributed by atoms with Crippen molar-refractivity contribution in [2.75, 3.05) is 0 Å². The van der Waals surface area contributed by atoms with E-state index in [1.165, 1.54) is 0 Å². The Morgan fingerprint density at radius 3 is 2.93 bits per heavy atom. The number of aromatic nitrogens is 2. The minimum absolute atomic E-state index is 0. The second-order valence-electron chi connectivity index (χ2n) is 2.70. The van der Waals surface area contributed by atoms with E-state index >= 15 is 0 Å². The van der Waals surface area contributed by atoms with Crippen molar-refractivity contribution in [3.8, 4) is 0 Å². The lowest BCUT2D eigenvalue weighted by Crippen LogP contribution is -2.37. The molecule has 80 valence electrons. The van der Waals surface area contributed by atoms with Gasteiger partial charge in [-0.15, -0.1) is 12.4 Å². The molecule has 1 aromatic rings. The Kier molecular flexibility index (Phi) is 5.75. The number of amides is 1. The molecule has 14 heavy (non-hydrogen) atoms. The molecule has 0 spiro atoms. The van der Waals surface area contributed by atoms with Crippen molar-refractivity contribution in [2.45, 2.75) is 19.5 Å². The van der Waals surface area contributed by atoms with E-state index < -0.39 is 6.04 Å². The number of H-pyrrole nitrogens is 1. The molecule has 1 amide bonds. The third-order valence-corrected chi connectivity index (χ3v) is 2.20. The first-order valence-electron chi connectivity index (χ1n) is 3.82. The van der Waals surface area contributed by atoms with Crippen LogP contribution in [0.5, 0.6) is 0 Å². The van der Waals surface area contributed by atoms with E-state index in [9.17, 15) is 4.79 Å². The van der Waals surface area contributed by atoms with Gasteiger partial charge in [-0.25, -0.2) is 0 Å². The van der Waals surface area contributed by atoms with E-state index in [2.05, 4.69) is 31.4 Å². The van der Waals surface area contributed by atoms with Gasteiger partial charge < -0.3 is 11.1 Å². The third-order valence-electron chi connectivity index (χ3n) is 1.52. The first-order chi connectivity index (χ1) is 6.11. The van der Waals surface area contributed by atoms with Gasteiger partial charge in [0.05, 0.1) is 29.0 Å². The maximum absolute atomic E-state index is 11.1. The van der Waals surface area contributed by atoms with E-state index in [4.69, 9.17) is 5.73 Å². The largest absolute Gasteiger partial charge is 0.349 e. The van der Waals surface area contributed by atoms with Crippen molar-refractivity contribution in [1.29, 1.82) is 0 Å². The van der Waals surface area contributed by atoms with Gasteiger partial charge in [0.25, 0.3) is 0 Å². The number of nitrogens with one attached hydrogen (secondary N) is 2. The van der Waals surface area contributed by atoms with E-state index in [0.717, 1.165) is 10.2 Å². The Morgan fingerprint density at radius 1 is 1.86 bits per heavy atom. The summed E-state index contributed by atoms with van der Waals surface area (Å²) in [7, 11) is 0. The fourth-order valence-corrected chi connectivity index (χ4v) is 1.09. The molecule has 0 aliphatic heterocycles. The minimum atomic E-state index is -0.485. The molecule has 1 atom stereocenters. The van der Waals surface area contributed by atoms with E-state index in [0.29, 0.717) is 6.54 Å². The van der Waals surface area contributed by atoms with E-state index in [1.807, 2.05) is 0 Å². The molecule has 0 aliphatic rings. The normalized spacial score (nSPS) is 11.6. The summed E-state index contributed by atoms with van der Waals surface area (Å²) in [4.78, 5) is 11.1. The van der Waals surface area contributed by atoms with Crippen molar-refractivity contribution >= 4 is 34.2 Å². The average molecular weight is 284 g/mol. The molecule has 5 nitrogen and oxygen atoms in total. The number of carbonyl (C=O) groups is 1. The molecule has 7 heteroatoms. The zero-order valence-electron chi connectivity index (χ0n) is 7.58. The molecule has 0 fully saturated rings. The van der Waals surface area contributed by atoms with Crippen LogP contribution in [0.3, 0.4) is 0 Å². The highest BCUT2D eigenvalue weighted by Gasteiger charge is 2.08. The summed E-state index contributed by atoms with van der Waals surface area (Å²) in [6.45, 7) is 2.04. The molecular weight excluding hydrogens is 271 g/mol. The van der Waals surface area contributed by atoms with Gasteiger partial charge in [-0.3, -0.25) is 9.89 Å². The second-order valence-corrected chi connectivity index (χ2v) is 3.56. The number of hydrogen-bond donors (Lipinski definition) is 3. The highest BCUT2D eigenvalue weighted by atomic mass is 79.9. The van der Waals surface area contributed by atoms with Crippen molar-refractivity contribution < 1.29 is 4.79 Å². The quantitative estimate of drug-likeness (QED) is 0.758. The summed E-state index contributed by atoms with van der Waals surface area (Å²) in [6, 6.07) is -0.485. The smallest absolute Gasteiger partial charge is 0.236 e. The molecular formula is C7H12BrClN4O. The average Bonchev–Trinajstić information content (AvgIpc) is 2.47. The lowest BCUT2D eigenvalue weighted by atomic mass is 10.3. The molecule has 0 radical (unpaired) electrons. The van der Waals surface area contributed by atoms with Gasteiger partial charge in [0.15, 0.2) is 0 Å². The van der Waals surface area contributed by atoms with E-state index in [-0.39, 0.29) is 18.3 Å². The lowest BCUT2D eigenvalue weighted by Gasteiger charge is -2.05. The lowest BCUT2D eigenvalue weighted by molar-refractivity contribution is -0.122. The van der Waals surface area contributed by atoms with Gasteiger partial charge in [-0.1, -0.05) is 0 Å². The third kappa shape index (κ3) is 3.65. The highest BCUT2D eigenvalue weighted by molar-refractivity contribution is 9.10. The van der Waals surface area contributed by atoms with Crippen LogP contribution in [0.25, 0.3) is 0 Å². The zero-order valence-corrected chi connectivity index (χ0v) is 9.98. The van der Waals surface area contributed by atoms with Gasteiger partial charge in [0.1, 0.15) is 0 Å². The fraction of sp³-hybridized carbons (Fsp3) is 0.429. The Labute approximate surface area is 96.4 Å². The van der Waals surface area contributed by atoms with Crippen molar-refractivity contribution in [1.82, 2.24) is 15.5 Å². The standard InChI is InChI=1S/C7H11BrN4O.ClH/c1-4(9)7(13)10-3-6-5(8)2-11-12-6;/h2,4H,3,9H2,1H3,(H,10,13)(H,11,12);1H/t4-;/m1./s1. The molecule has 0 unspecified atom stereocenters. The van der Waals surface area contributed by atoms with Crippen LogP contribution in [0.1, 0.15) is 12.6 Å². The van der Waals surface area contributed by atoms with Gasteiger partial charge in [-0.05, 0) is 22.9 Å². The Morgan fingerprint density at radius 2 is 2.50 bits per heavy atom. The topological polar surface area (TPSA) is 83.8 Å². The Hall–Kier alpha value is -0.590. The summed E-state index contributed by atoms with van der Waals surface area (Å²) >= 11 is 3.28. The maximum atomic E-state index is 11.1. The predicted octanol–water partition coefficient (Wildman–Crippen LogP) is 0.557. The van der Waals surface area contributed by atoms with Crippen molar-refractivity contribution in [2.24, 2.45) is 5.73 Å². The molecule has 0 saturated heterocycles. The number of nitrogens with zero attached hydrogens (tertiary/aromatic N) is 1. The van der Waals surface area contributed by atoms with Crippen LogP contribution >= 0.6 is 28.3 Å². The summed E-state index contributed by atoms with van der Waals surface area (Å²) in [5.41, 5.74) is 6.19. The Bertz CT molecular complexity index is 302. The van der Waals surface area contributed by atoms with Crippen LogP contribution in [0.2, 0.25) is 0 Å². The van der Waals surface area contributed by atoms with Crippen LogP contribution < -0.4 is 11.1 Å². The molecule has 0 aliphatic carbocycles. The summed E-state index contributed by atoms with van der Waals surface area (Å²) in [5, 5.41) is 9.20. The molecule has 0 saturated carbocycles. The predicted molar refractivity (Wildman–Crippen MR) is 59.0 cm³/mol. The van der Waals surface area contributed by atoms with Gasteiger partial charge in [0, 0.05) is 0 Å². The number of nitrogens with two attached hydrogens (primary N) is 1. The second kappa shape index (κ2) is 6.00. The van der Waals surface area contributed by atoms with Gasteiger partial charge in [0.2, 0.25) is 5.91 Å². The highest BCUT2D eigenvalue weighted by Crippen LogP contribution is 2.11. The summed E-state index contributed by atoms with van der Waals surface area (Å²) < 4.78 is 0.845. The van der Waals surface area contributed by atoms with Crippen LogP contribution in [-0.4, -0.2) is 22.1 Å². The molecule has 1 aromatic heterocycles. The molecule has 0 aromatic carbocycles. The van der Waals surface area contributed by atoms with Gasteiger partial charge >= 0.3 is 0 Å². The summed E-state index contributed by atoms with van der Waals surface area (Å²) in [5.74, 6) is -0.179. The van der Waals surface area contributed by atoms with Crippen molar-refractivity contribution in [3.63, 3.8) is 0 Å². The molecule has 1 heterocycles. The molecule has 0 bridgehead atoms. The minimum Gasteiger partial charge on any atom is -0.349 e. The zero-order chi connectivity index (χ0) is 9.84. The van der Waals surface area contributed by atoms with Crippen LogP contribution in [-0.2, 0) is 11.3 Å². The van der Waals surface area contributed by atoms with Crippen molar-refractivity contribution in [3.05, 3.63) is 16.4 Å². The maximum Gasteiger partial charge on any atom is 0.236 e. The van der Waals surface area contributed by atoms with Gasteiger partial charge in [-0.2, -0.15) is 5.10 Å². The molecule has 1 rings (SSSR count). The number of hydrogen-bond acceptors (Lipinski definition) is 3. The first-order valence-corrected chi connectivity index (χ1v) is 4.61.